The highest BCUT2D eigenvalue weighted by Gasteiger charge is 2.33. The summed E-state index contributed by atoms with van der Waals surface area (Å²) in [5.41, 5.74) is 2.42. The van der Waals surface area contributed by atoms with Gasteiger partial charge in [-0.25, -0.2) is 0 Å². The SMILES string of the molecule is CC1Oc2ccccc2OC1C(=O)NCc1ccc(CN2CCCCCC2)cc1. The fourth-order valence-corrected chi connectivity index (χ4v) is 4.01. The summed E-state index contributed by atoms with van der Waals surface area (Å²) in [4.78, 5) is 15.2. The number of carbonyl (C=O) groups is 1. The van der Waals surface area contributed by atoms with Crippen LogP contribution in [0.15, 0.2) is 48.5 Å². The van der Waals surface area contributed by atoms with E-state index in [0.717, 1.165) is 12.1 Å². The first kappa shape index (κ1) is 19.8. The summed E-state index contributed by atoms with van der Waals surface area (Å²) in [6.07, 6.45) is 4.34. The summed E-state index contributed by atoms with van der Waals surface area (Å²) in [6, 6.07) is 16.0. The van der Waals surface area contributed by atoms with Gasteiger partial charge >= 0.3 is 0 Å². The van der Waals surface area contributed by atoms with Crippen molar-refractivity contribution in [1.82, 2.24) is 10.2 Å². The molecule has 2 heterocycles. The van der Waals surface area contributed by atoms with E-state index in [-0.39, 0.29) is 12.0 Å². The van der Waals surface area contributed by atoms with Gasteiger partial charge in [0.25, 0.3) is 5.91 Å². The summed E-state index contributed by atoms with van der Waals surface area (Å²) >= 11 is 0. The van der Waals surface area contributed by atoms with Gasteiger partial charge in [0.15, 0.2) is 11.5 Å². The standard InChI is InChI=1S/C24H30N2O3/c1-18-23(29-22-9-5-4-8-21(22)28-18)24(27)25-16-19-10-12-20(13-11-19)17-26-14-6-2-3-7-15-26/h4-5,8-13,18,23H,2-3,6-7,14-17H2,1H3,(H,25,27). The number of ether oxygens (including phenoxy) is 2. The molecule has 154 valence electrons. The van der Waals surface area contributed by atoms with Gasteiger partial charge in [-0.1, -0.05) is 49.2 Å². The molecule has 0 aromatic heterocycles. The van der Waals surface area contributed by atoms with Crippen LogP contribution in [0.3, 0.4) is 0 Å². The number of amides is 1. The van der Waals surface area contributed by atoms with Crippen LogP contribution >= 0.6 is 0 Å². The maximum atomic E-state index is 12.6. The van der Waals surface area contributed by atoms with Gasteiger partial charge in [0, 0.05) is 13.1 Å². The third kappa shape index (κ3) is 5.10. The largest absolute Gasteiger partial charge is 0.482 e. The van der Waals surface area contributed by atoms with Gasteiger partial charge in [-0.3, -0.25) is 9.69 Å². The Morgan fingerprint density at radius 3 is 2.24 bits per heavy atom. The first-order chi connectivity index (χ1) is 14.2. The van der Waals surface area contributed by atoms with E-state index in [1.165, 1.54) is 44.3 Å². The monoisotopic (exact) mass is 394 g/mol. The molecule has 2 unspecified atom stereocenters. The summed E-state index contributed by atoms with van der Waals surface area (Å²) in [6.45, 7) is 5.75. The number of benzene rings is 2. The lowest BCUT2D eigenvalue weighted by atomic mass is 10.1. The second kappa shape index (κ2) is 9.31. The maximum absolute atomic E-state index is 12.6. The van der Waals surface area contributed by atoms with E-state index in [0.29, 0.717) is 18.0 Å². The molecular weight excluding hydrogens is 364 g/mol. The number of para-hydroxylation sites is 2. The average Bonchev–Trinajstić information content (AvgIpc) is 3.01. The van der Waals surface area contributed by atoms with Gasteiger partial charge in [0.05, 0.1) is 0 Å². The molecule has 1 amide bonds. The number of hydrogen-bond acceptors (Lipinski definition) is 4. The van der Waals surface area contributed by atoms with Gasteiger partial charge < -0.3 is 14.8 Å². The van der Waals surface area contributed by atoms with E-state index in [1.807, 2.05) is 31.2 Å². The molecule has 0 aliphatic carbocycles. The molecular formula is C24H30N2O3. The van der Waals surface area contributed by atoms with Crippen molar-refractivity contribution in [3.63, 3.8) is 0 Å². The molecule has 2 aliphatic heterocycles. The van der Waals surface area contributed by atoms with Crippen molar-refractivity contribution in [2.24, 2.45) is 0 Å². The topological polar surface area (TPSA) is 50.8 Å². The van der Waals surface area contributed by atoms with Crippen LogP contribution in [0.5, 0.6) is 11.5 Å². The van der Waals surface area contributed by atoms with Crippen LogP contribution in [0.25, 0.3) is 0 Å². The minimum Gasteiger partial charge on any atom is -0.482 e. The Morgan fingerprint density at radius 2 is 1.55 bits per heavy atom. The molecule has 1 N–H and O–H groups in total. The van der Waals surface area contributed by atoms with Crippen LogP contribution in [0, 0.1) is 0 Å². The quantitative estimate of drug-likeness (QED) is 0.835. The predicted octanol–water partition coefficient (Wildman–Crippen LogP) is 3.91. The van der Waals surface area contributed by atoms with Gasteiger partial charge in [-0.15, -0.1) is 0 Å². The van der Waals surface area contributed by atoms with E-state index in [1.54, 1.807) is 0 Å². The zero-order valence-electron chi connectivity index (χ0n) is 17.1. The number of hydrogen-bond donors (Lipinski definition) is 1. The highest BCUT2D eigenvalue weighted by atomic mass is 16.6. The van der Waals surface area contributed by atoms with Crippen LogP contribution in [-0.4, -0.2) is 36.1 Å². The molecule has 0 radical (unpaired) electrons. The second-order valence-corrected chi connectivity index (χ2v) is 8.03. The Kier molecular flexibility index (Phi) is 6.35. The third-order valence-corrected chi connectivity index (χ3v) is 5.70. The van der Waals surface area contributed by atoms with Crippen molar-refractivity contribution in [3.05, 3.63) is 59.7 Å². The number of carbonyl (C=O) groups excluding carboxylic acids is 1. The van der Waals surface area contributed by atoms with Crippen LogP contribution in [-0.2, 0) is 17.9 Å². The molecule has 0 spiro atoms. The van der Waals surface area contributed by atoms with Crippen molar-refractivity contribution < 1.29 is 14.3 Å². The molecule has 5 nitrogen and oxygen atoms in total. The van der Waals surface area contributed by atoms with Gasteiger partial charge in [-0.2, -0.15) is 0 Å². The minimum atomic E-state index is -0.646. The number of nitrogens with one attached hydrogen (secondary N) is 1. The summed E-state index contributed by atoms with van der Waals surface area (Å²) in [5.74, 6) is 1.15. The van der Waals surface area contributed by atoms with Crippen molar-refractivity contribution in [2.45, 2.75) is 57.9 Å². The minimum absolute atomic E-state index is 0.152. The van der Waals surface area contributed by atoms with E-state index < -0.39 is 6.10 Å². The van der Waals surface area contributed by atoms with Gasteiger partial charge in [-0.05, 0) is 56.1 Å². The van der Waals surface area contributed by atoms with E-state index in [4.69, 9.17) is 9.47 Å². The molecule has 2 atom stereocenters. The highest BCUT2D eigenvalue weighted by Crippen LogP contribution is 2.33. The predicted molar refractivity (Wildman–Crippen MR) is 113 cm³/mol. The fourth-order valence-electron chi connectivity index (χ4n) is 4.01. The molecule has 2 aromatic rings. The Hall–Kier alpha value is -2.53. The Bertz CT molecular complexity index is 813. The normalized spacial score (nSPS) is 22.0. The fraction of sp³-hybridized carbons (Fsp3) is 0.458. The molecule has 0 bridgehead atoms. The number of rotatable bonds is 5. The van der Waals surface area contributed by atoms with E-state index in [2.05, 4.69) is 34.5 Å². The first-order valence-corrected chi connectivity index (χ1v) is 10.7. The molecule has 2 aliphatic rings. The third-order valence-electron chi connectivity index (χ3n) is 5.70. The lowest BCUT2D eigenvalue weighted by Gasteiger charge is -2.31. The maximum Gasteiger partial charge on any atom is 0.265 e. The lowest BCUT2D eigenvalue weighted by Crippen LogP contribution is -2.48. The number of likely N-dealkylation sites (tertiary alicyclic amines) is 1. The van der Waals surface area contributed by atoms with Gasteiger partial charge in [0.1, 0.15) is 6.10 Å². The Balaban J connectivity index is 1.29. The Labute approximate surface area is 173 Å². The van der Waals surface area contributed by atoms with E-state index in [9.17, 15) is 4.79 Å². The Morgan fingerprint density at radius 1 is 0.931 bits per heavy atom. The summed E-state index contributed by atoms with van der Waals surface area (Å²) < 4.78 is 11.7. The molecule has 1 fully saturated rings. The van der Waals surface area contributed by atoms with Crippen LogP contribution < -0.4 is 14.8 Å². The van der Waals surface area contributed by atoms with E-state index >= 15 is 0 Å². The average molecular weight is 395 g/mol. The first-order valence-electron chi connectivity index (χ1n) is 10.7. The van der Waals surface area contributed by atoms with Crippen LogP contribution in [0.1, 0.15) is 43.7 Å². The zero-order valence-corrected chi connectivity index (χ0v) is 17.1. The molecule has 2 aromatic carbocycles. The molecule has 4 rings (SSSR count). The van der Waals surface area contributed by atoms with Crippen LogP contribution in [0.2, 0.25) is 0 Å². The van der Waals surface area contributed by atoms with Crippen molar-refractivity contribution in [1.29, 1.82) is 0 Å². The van der Waals surface area contributed by atoms with Crippen LogP contribution in [0.4, 0.5) is 0 Å². The highest BCUT2D eigenvalue weighted by molar-refractivity contribution is 5.82. The number of fused-ring (bicyclic) bond motifs is 1. The summed E-state index contributed by atoms with van der Waals surface area (Å²) in [5, 5.41) is 2.98. The molecule has 0 saturated carbocycles. The van der Waals surface area contributed by atoms with Crippen molar-refractivity contribution >= 4 is 5.91 Å². The number of nitrogens with zero attached hydrogens (tertiary/aromatic N) is 1. The molecule has 5 heteroatoms. The van der Waals surface area contributed by atoms with Crippen molar-refractivity contribution in [2.75, 3.05) is 13.1 Å². The second-order valence-electron chi connectivity index (χ2n) is 8.03. The van der Waals surface area contributed by atoms with Gasteiger partial charge in [0.2, 0.25) is 6.10 Å². The molecule has 29 heavy (non-hydrogen) atoms. The lowest BCUT2D eigenvalue weighted by molar-refractivity contribution is -0.133. The van der Waals surface area contributed by atoms with Crippen molar-refractivity contribution in [3.8, 4) is 11.5 Å². The zero-order chi connectivity index (χ0) is 20.1. The summed E-state index contributed by atoms with van der Waals surface area (Å²) in [7, 11) is 0. The smallest absolute Gasteiger partial charge is 0.265 e. The molecule has 1 saturated heterocycles.